The minimum Gasteiger partial charge on any atom is -0.380 e. The van der Waals surface area contributed by atoms with Gasteiger partial charge < -0.3 is 4.74 Å². The van der Waals surface area contributed by atoms with Crippen molar-refractivity contribution in [1.29, 1.82) is 0 Å². The standard InChI is InChI=1S/C15H19F2NO3S/c1-9-3-4-12(16)10(15(9)17)5-18-6-11-13(21-2)8-22(19,20)14(11)7-18/h3-4,11,13-14H,5-8H2,1-2H3/t11-,13+,14-/m0/s1. The highest BCUT2D eigenvalue weighted by Crippen LogP contribution is 2.36. The lowest BCUT2D eigenvalue weighted by atomic mass is 10.0. The van der Waals surface area contributed by atoms with E-state index >= 15 is 0 Å². The predicted molar refractivity (Wildman–Crippen MR) is 78.2 cm³/mol. The number of methoxy groups -OCH3 is 1. The number of fused-ring (bicyclic) bond motifs is 1. The molecule has 1 aromatic rings. The summed E-state index contributed by atoms with van der Waals surface area (Å²) in [5, 5.41) is -0.492. The second-order valence-corrected chi connectivity index (χ2v) is 8.42. The van der Waals surface area contributed by atoms with Gasteiger partial charge in [-0.1, -0.05) is 6.07 Å². The zero-order valence-electron chi connectivity index (χ0n) is 12.6. The van der Waals surface area contributed by atoms with Gasteiger partial charge in [-0.25, -0.2) is 17.2 Å². The fraction of sp³-hybridized carbons (Fsp3) is 0.600. The number of hydrogen-bond donors (Lipinski definition) is 0. The minimum absolute atomic E-state index is 0.00587. The lowest BCUT2D eigenvalue weighted by Gasteiger charge is -2.20. The van der Waals surface area contributed by atoms with Gasteiger partial charge in [-0.2, -0.15) is 0 Å². The van der Waals surface area contributed by atoms with Gasteiger partial charge in [0.15, 0.2) is 9.84 Å². The first-order valence-electron chi connectivity index (χ1n) is 7.23. The molecule has 0 bridgehead atoms. The average molecular weight is 331 g/mol. The molecular weight excluding hydrogens is 312 g/mol. The first kappa shape index (κ1) is 15.8. The maximum atomic E-state index is 14.1. The molecule has 3 rings (SSSR count). The fourth-order valence-corrected chi connectivity index (χ4v) is 5.87. The van der Waals surface area contributed by atoms with E-state index in [1.165, 1.54) is 19.2 Å². The molecule has 2 aliphatic heterocycles. The third-order valence-corrected chi connectivity index (χ3v) is 7.00. The van der Waals surface area contributed by atoms with Crippen LogP contribution in [0.1, 0.15) is 11.1 Å². The second kappa shape index (κ2) is 5.54. The first-order chi connectivity index (χ1) is 10.3. The van der Waals surface area contributed by atoms with Gasteiger partial charge in [-0.15, -0.1) is 0 Å². The van der Waals surface area contributed by atoms with Crippen LogP contribution in [0.3, 0.4) is 0 Å². The maximum absolute atomic E-state index is 14.1. The molecule has 2 heterocycles. The van der Waals surface area contributed by atoms with Crippen molar-refractivity contribution in [2.45, 2.75) is 24.8 Å². The Kier molecular flexibility index (Phi) is 3.99. The molecule has 2 fully saturated rings. The molecule has 0 N–H and O–H groups in total. The summed E-state index contributed by atoms with van der Waals surface area (Å²) in [7, 11) is -1.69. The molecule has 2 saturated heterocycles. The van der Waals surface area contributed by atoms with Gasteiger partial charge in [0.05, 0.1) is 17.1 Å². The van der Waals surface area contributed by atoms with Crippen LogP contribution in [-0.4, -0.2) is 50.6 Å². The molecule has 22 heavy (non-hydrogen) atoms. The molecule has 3 atom stereocenters. The number of likely N-dealkylation sites (tertiary alicyclic amines) is 1. The van der Waals surface area contributed by atoms with Gasteiger partial charge in [0.1, 0.15) is 11.6 Å². The van der Waals surface area contributed by atoms with Crippen LogP contribution in [0.25, 0.3) is 0 Å². The number of sulfone groups is 1. The van der Waals surface area contributed by atoms with E-state index in [4.69, 9.17) is 4.74 Å². The summed E-state index contributed by atoms with van der Waals surface area (Å²) >= 11 is 0. The minimum atomic E-state index is -3.19. The molecule has 7 heteroatoms. The maximum Gasteiger partial charge on any atom is 0.157 e. The summed E-state index contributed by atoms with van der Waals surface area (Å²) in [4.78, 5) is 1.80. The Morgan fingerprint density at radius 2 is 2.05 bits per heavy atom. The zero-order valence-corrected chi connectivity index (χ0v) is 13.4. The van der Waals surface area contributed by atoms with Gasteiger partial charge in [0, 0.05) is 38.2 Å². The van der Waals surface area contributed by atoms with Crippen LogP contribution in [0.5, 0.6) is 0 Å². The van der Waals surface area contributed by atoms with E-state index in [2.05, 4.69) is 0 Å². The van der Waals surface area contributed by atoms with Gasteiger partial charge >= 0.3 is 0 Å². The highest BCUT2D eigenvalue weighted by molar-refractivity contribution is 7.92. The number of halogens is 2. The summed E-state index contributed by atoms with van der Waals surface area (Å²) in [5.41, 5.74) is 0.393. The summed E-state index contributed by atoms with van der Waals surface area (Å²) in [6.45, 7) is 2.45. The van der Waals surface area contributed by atoms with Gasteiger partial charge in [0.2, 0.25) is 0 Å². The molecule has 0 amide bonds. The largest absolute Gasteiger partial charge is 0.380 e. The van der Waals surface area contributed by atoms with E-state index < -0.39 is 26.7 Å². The van der Waals surface area contributed by atoms with Crippen LogP contribution in [0.15, 0.2) is 12.1 Å². The molecule has 4 nitrogen and oxygen atoms in total. The lowest BCUT2D eigenvalue weighted by Crippen LogP contribution is -2.29. The Labute approximate surface area is 129 Å². The van der Waals surface area contributed by atoms with Gasteiger partial charge in [-0.05, 0) is 18.6 Å². The third-order valence-electron chi connectivity index (χ3n) is 4.78. The fourth-order valence-electron chi connectivity index (χ4n) is 3.55. The molecular formula is C15H19F2NO3S. The van der Waals surface area contributed by atoms with Crippen molar-refractivity contribution in [3.63, 3.8) is 0 Å². The van der Waals surface area contributed by atoms with Crippen LogP contribution < -0.4 is 0 Å². The molecule has 1 aromatic carbocycles. The van der Waals surface area contributed by atoms with Crippen molar-refractivity contribution < 1.29 is 21.9 Å². The molecule has 0 aliphatic carbocycles. The van der Waals surface area contributed by atoms with Gasteiger partial charge in [-0.3, -0.25) is 4.90 Å². The van der Waals surface area contributed by atoms with Crippen molar-refractivity contribution in [3.8, 4) is 0 Å². The topological polar surface area (TPSA) is 46.6 Å². The van der Waals surface area contributed by atoms with E-state index in [0.717, 1.165) is 0 Å². The normalized spacial score (nSPS) is 30.6. The smallest absolute Gasteiger partial charge is 0.157 e. The van der Waals surface area contributed by atoms with Crippen LogP contribution in [0.2, 0.25) is 0 Å². The van der Waals surface area contributed by atoms with E-state index in [-0.39, 0.29) is 29.9 Å². The van der Waals surface area contributed by atoms with E-state index in [0.29, 0.717) is 18.7 Å². The highest BCUT2D eigenvalue weighted by Gasteiger charge is 2.52. The van der Waals surface area contributed by atoms with E-state index in [1.807, 2.05) is 0 Å². The Bertz CT molecular complexity index is 692. The Morgan fingerprint density at radius 1 is 1.32 bits per heavy atom. The third kappa shape index (κ3) is 2.55. The van der Waals surface area contributed by atoms with Crippen LogP contribution in [-0.2, 0) is 21.1 Å². The van der Waals surface area contributed by atoms with Crippen molar-refractivity contribution >= 4 is 9.84 Å². The molecule has 122 valence electrons. The zero-order chi connectivity index (χ0) is 16.1. The Hall–Kier alpha value is -1.05. The average Bonchev–Trinajstić information content (AvgIpc) is 2.98. The molecule has 0 spiro atoms. The Morgan fingerprint density at radius 3 is 2.73 bits per heavy atom. The van der Waals surface area contributed by atoms with Crippen molar-refractivity contribution in [1.82, 2.24) is 4.90 Å². The van der Waals surface area contributed by atoms with Crippen LogP contribution >= 0.6 is 0 Å². The van der Waals surface area contributed by atoms with Crippen LogP contribution in [0, 0.1) is 24.5 Å². The SMILES string of the molecule is CO[C@@H]1CS(=O)(=O)[C@H]2CN(Cc3c(F)ccc(C)c3F)C[C@@H]12. The monoisotopic (exact) mass is 331 g/mol. The summed E-state index contributed by atoms with van der Waals surface area (Å²) in [5.74, 6) is -1.22. The lowest BCUT2D eigenvalue weighted by molar-refractivity contribution is 0.0801. The Balaban J connectivity index is 1.82. The van der Waals surface area contributed by atoms with Gasteiger partial charge in [0.25, 0.3) is 0 Å². The number of nitrogens with zero attached hydrogens (tertiary/aromatic N) is 1. The summed E-state index contributed by atoms with van der Waals surface area (Å²) in [6, 6.07) is 2.65. The quantitative estimate of drug-likeness (QED) is 0.842. The molecule has 0 saturated carbocycles. The first-order valence-corrected chi connectivity index (χ1v) is 8.95. The number of rotatable bonds is 3. The number of hydrogen-bond acceptors (Lipinski definition) is 4. The second-order valence-electron chi connectivity index (χ2n) is 6.16. The van der Waals surface area contributed by atoms with Crippen molar-refractivity contribution in [2.24, 2.45) is 5.92 Å². The number of benzene rings is 1. The molecule has 0 radical (unpaired) electrons. The predicted octanol–water partition coefficient (Wildman–Crippen LogP) is 1.52. The number of ether oxygens (including phenoxy) is 1. The molecule has 2 aliphatic rings. The van der Waals surface area contributed by atoms with E-state index in [9.17, 15) is 17.2 Å². The van der Waals surface area contributed by atoms with Crippen molar-refractivity contribution in [3.05, 3.63) is 34.9 Å². The number of aryl methyl sites for hydroxylation is 1. The molecule has 0 unspecified atom stereocenters. The summed E-state index contributed by atoms with van der Waals surface area (Å²) in [6.07, 6.45) is -0.327. The van der Waals surface area contributed by atoms with Crippen molar-refractivity contribution in [2.75, 3.05) is 26.0 Å². The molecule has 0 aromatic heterocycles. The van der Waals surface area contributed by atoms with E-state index in [1.54, 1.807) is 11.8 Å². The van der Waals surface area contributed by atoms with Crippen LogP contribution in [0.4, 0.5) is 8.78 Å². The highest BCUT2D eigenvalue weighted by atomic mass is 32.2. The summed E-state index contributed by atoms with van der Waals surface area (Å²) < 4.78 is 57.5.